The Hall–Kier alpha value is -0.860. The first-order valence-corrected chi connectivity index (χ1v) is 9.21. The summed E-state index contributed by atoms with van der Waals surface area (Å²) in [5.41, 5.74) is 4.92. The largest absolute Gasteiger partial charge is 0.409 e. The number of nitrogens with two attached hydrogens (primary N) is 1. The summed E-state index contributed by atoms with van der Waals surface area (Å²) >= 11 is 0. The molecule has 4 N–H and O–H groups in total. The first-order valence-electron chi connectivity index (χ1n) is 7.77. The van der Waals surface area contributed by atoms with Crippen molar-refractivity contribution in [1.82, 2.24) is 9.03 Å². The molecule has 0 aromatic heterocycles. The Bertz CT molecular complexity index is 464. The summed E-state index contributed by atoms with van der Waals surface area (Å²) in [5.74, 6) is -0.0211. The van der Waals surface area contributed by atoms with Crippen LogP contribution in [0, 0.1) is 0 Å². The molecule has 7 nitrogen and oxygen atoms in total. The van der Waals surface area contributed by atoms with Crippen molar-refractivity contribution in [3.63, 3.8) is 0 Å². The molecule has 0 bridgehead atoms. The van der Waals surface area contributed by atoms with E-state index in [9.17, 15) is 8.42 Å². The van der Waals surface area contributed by atoms with Crippen LogP contribution in [-0.4, -0.2) is 42.4 Å². The molecule has 0 amide bonds. The molecule has 0 unspecified atom stereocenters. The highest BCUT2D eigenvalue weighted by atomic mass is 32.2. The molecule has 0 aromatic rings. The molecular formula is C13H26N4O3S. The number of oxime groups is 1. The fourth-order valence-electron chi connectivity index (χ4n) is 3.25. The normalized spacial score (nSPS) is 25.4. The van der Waals surface area contributed by atoms with Gasteiger partial charge in [0, 0.05) is 13.1 Å². The van der Waals surface area contributed by atoms with E-state index in [0.717, 1.165) is 44.9 Å². The van der Waals surface area contributed by atoms with Crippen molar-refractivity contribution < 1.29 is 13.6 Å². The van der Waals surface area contributed by atoms with Gasteiger partial charge in [-0.15, -0.1) is 0 Å². The van der Waals surface area contributed by atoms with Gasteiger partial charge in [-0.2, -0.15) is 17.4 Å². The maximum atomic E-state index is 12.5. The van der Waals surface area contributed by atoms with E-state index in [2.05, 4.69) is 9.88 Å². The second-order valence-corrected chi connectivity index (χ2v) is 7.72. The van der Waals surface area contributed by atoms with Gasteiger partial charge in [0.2, 0.25) is 0 Å². The molecule has 1 aliphatic carbocycles. The smallest absolute Gasteiger partial charge is 0.280 e. The lowest BCUT2D eigenvalue weighted by Gasteiger charge is -2.36. The summed E-state index contributed by atoms with van der Waals surface area (Å²) in [6.45, 7) is 1.09. The van der Waals surface area contributed by atoms with Crippen molar-refractivity contribution in [2.24, 2.45) is 10.9 Å². The Labute approximate surface area is 126 Å². The summed E-state index contributed by atoms with van der Waals surface area (Å²) in [5, 5.41) is 12.2. The maximum absolute atomic E-state index is 12.5. The lowest BCUT2D eigenvalue weighted by molar-refractivity contribution is 0.297. The van der Waals surface area contributed by atoms with E-state index in [0.29, 0.717) is 25.9 Å². The van der Waals surface area contributed by atoms with Gasteiger partial charge in [0.15, 0.2) is 5.84 Å². The summed E-state index contributed by atoms with van der Waals surface area (Å²) < 4.78 is 29.3. The van der Waals surface area contributed by atoms with Crippen LogP contribution >= 0.6 is 0 Å². The molecule has 0 radical (unpaired) electrons. The molecule has 0 spiro atoms. The van der Waals surface area contributed by atoms with Crippen LogP contribution in [-0.2, 0) is 10.2 Å². The van der Waals surface area contributed by atoms with Crippen LogP contribution in [0.2, 0.25) is 0 Å². The lowest BCUT2D eigenvalue weighted by Crippen LogP contribution is -2.60. The van der Waals surface area contributed by atoms with Crippen LogP contribution in [0.3, 0.4) is 0 Å². The highest BCUT2D eigenvalue weighted by Crippen LogP contribution is 2.28. The standard InChI is InChI=1S/C13H26N4O3S/c14-12(15-18)13(8-4-2-1-3-5-9-13)16-21(19,20)17-10-6-7-11-17/h16,18H,1-11H2,(H2,14,15). The Morgan fingerprint density at radius 1 is 1.05 bits per heavy atom. The van der Waals surface area contributed by atoms with Gasteiger partial charge in [-0.25, -0.2) is 0 Å². The minimum Gasteiger partial charge on any atom is -0.409 e. The predicted octanol–water partition coefficient (Wildman–Crippen LogP) is 1.15. The van der Waals surface area contributed by atoms with Gasteiger partial charge >= 0.3 is 0 Å². The molecule has 1 saturated heterocycles. The third-order valence-corrected chi connectivity index (χ3v) is 6.23. The van der Waals surface area contributed by atoms with Crippen LogP contribution in [0.15, 0.2) is 5.16 Å². The molecule has 2 aliphatic rings. The highest BCUT2D eigenvalue weighted by molar-refractivity contribution is 7.87. The molecule has 0 atom stereocenters. The van der Waals surface area contributed by atoms with Gasteiger partial charge in [-0.3, -0.25) is 0 Å². The van der Waals surface area contributed by atoms with Gasteiger partial charge < -0.3 is 10.9 Å². The molecule has 2 rings (SSSR count). The topological polar surface area (TPSA) is 108 Å². The lowest BCUT2D eigenvalue weighted by atomic mass is 9.84. The van der Waals surface area contributed by atoms with Gasteiger partial charge in [-0.05, 0) is 25.7 Å². The summed E-state index contributed by atoms with van der Waals surface area (Å²) in [7, 11) is -3.59. The Balaban J connectivity index is 2.22. The molecule has 1 heterocycles. The van der Waals surface area contributed by atoms with E-state index >= 15 is 0 Å². The third-order valence-electron chi connectivity index (χ3n) is 4.53. The molecule has 1 saturated carbocycles. The molecule has 122 valence electrons. The number of nitrogens with zero attached hydrogens (tertiary/aromatic N) is 2. The van der Waals surface area contributed by atoms with E-state index in [-0.39, 0.29) is 5.84 Å². The molecule has 8 heteroatoms. The van der Waals surface area contributed by atoms with Crippen LogP contribution in [0.5, 0.6) is 0 Å². The minimum atomic E-state index is -3.59. The Kier molecular flexibility index (Phi) is 5.45. The third kappa shape index (κ3) is 3.87. The van der Waals surface area contributed by atoms with Gasteiger partial charge in [0.25, 0.3) is 10.2 Å². The first kappa shape index (κ1) is 16.5. The second-order valence-electron chi connectivity index (χ2n) is 6.05. The van der Waals surface area contributed by atoms with E-state index in [4.69, 9.17) is 10.9 Å². The van der Waals surface area contributed by atoms with Crippen LogP contribution in [0.25, 0.3) is 0 Å². The highest BCUT2D eigenvalue weighted by Gasteiger charge is 2.41. The number of amidine groups is 1. The van der Waals surface area contributed by atoms with E-state index < -0.39 is 15.7 Å². The molecular weight excluding hydrogens is 292 g/mol. The van der Waals surface area contributed by atoms with Crippen molar-refractivity contribution in [1.29, 1.82) is 0 Å². The Morgan fingerprint density at radius 3 is 2.10 bits per heavy atom. The van der Waals surface area contributed by atoms with Gasteiger partial charge in [0.05, 0.1) is 5.54 Å². The SMILES string of the molecule is N/C(=N/O)C1(NS(=O)(=O)N2CCCC2)CCCCCCC1. The zero-order valence-electron chi connectivity index (χ0n) is 12.4. The van der Waals surface area contributed by atoms with Gasteiger partial charge in [-0.1, -0.05) is 37.3 Å². The number of nitrogens with one attached hydrogen (secondary N) is 1. The van der Waals surface area contributed by atoms with Crippen molar-refractivity contribution in [3.8, 4) is 0 Å². The van der Waals surface area contributed by atoms with Gasteiger partial charge in [0.1, 0.15) is 0 Å². The zero-order valence-corrected chi connectivity index (χ0v) is 13.2. The monoisotopic (exact) mass is 318 g/mol. The summed E-state index contributed by atoms with van der Waals surface area (Å²) in [6, 6.07) is 0. The van der Waals surface area contributed by atoms with Crippen LogP contribution < -0.4 is 10.5 Å². The van der Waals surface area contributed by atoms with E-state index in [1.165, 1.54) is 4.31 Å². The maximum Gasteiger partial charge on any atom is 0.280 e. The van der Waals surface area contributed by atoms with E-state index in [1.54, 1.807) is 0 Å². The predicted molar refractivity (Wildman–Crippen MR) is 81.3 cm³/mol. The Morgan fingerprint density at radius 2 is 1.57 bits per heavy atom. The number of hydrogen-bond donors (Lipinski definition) is 3. The summed E-state index contributed by atoms with van der Waals surface area (Å²) in [6.07, 6.45) is 7.93. The quantitative estimate of drug-likeness (QED) is 0.313. The second kappa shape index (κ2) is 6.93. The molecule has 1 aliphatic heterocycles. The molecule has 0 aromatic carbocycles. The van der Waals surface area contributed by atoms with Crippen molar-refractivity contribution >= 4 is 16.0 Å². The molecule has 21 heavy (non-hydrogen) atoms. The van der Waals surface area contributed by atoms with Crippen LogP contribution in [0.1, 0.15) is 57.8 Å². The minimum absolute atomic E-state index is 0.0211. The fraction of sp³-hybridized carbons (Fsp3) is 0.923. The van der Waals surface area contributed by atoms with Crippen molar-refractivity contribution in [3.05, 3.63) is 0 Å². The average Bonchev–Trinajstić information content (AvgIpc) is 2.96. The number of rotatable bonds is 4. The zero-order chi connectivity index (χ0) is 15.3. The number of hydrogen-bond acceptors (Lipinski definition) is 4. The van der Waals surface area contributed by atoms with Crippen molar-refractivity contribution in [2.75, 3.05) is 13.1 Å². The average molecular weight is 318 g/mol. The fourth-order valence-corrected chi connectivity index (χ4v) is 4.93. The first-order chi connectivity index (χ1) is 10.0. The van der Waals surface area contributed by atoms with Crippen molar-refractivity contribution in [2.45, 2.75) is 63.3 Å². The molecule has 2 fully saturated rings. The summed E-state index contributed by atoms with van der Waals surface area (Å²) in [4.78, 5) is 0. The van der Waals surface area contributed by atoms with Crippen LogP contribution in [0.4, 0.5) is 0 Å². The van der Waals surface area contributed by atoms with E-state index in [1.807, 2.05) is 0 Å².